The van der Waals surface area contributed by atoms with Crippen molar-refractivity contribution in [3.05, 3.63) is 34.3 Å². The summed E-state index contributed by atoms with van der Waals surface area (Å²) in [6, 6.07) is 7.83. The molecule has 0 aliphatic heterocycles. The number of benzene rings is 1. The molecule has 2 aliphatic rings. The number of amides is 1. The Bertz CT molecular complexity index is 540. The predicted molar refractivity (Wildman–Crippen MR) is 83.4 cm³/mol. The van der Waals surface area contributed by atoms with Gasteiger partial charge in [-0.3, -0.25) is 4.79 Å². The molecule has 2 fully saturated rings. The molecule has 4 heteroatoms. The molecule has 1 amide bonds. The fourth-order valence-corrected chi connectivity index (χ4v) is 3.90. The highest BCUT2D eigenvalue weighted by Gasteiger charge is 2.64. The Hall–Kier alpha value is -1.16. The van der Waals surface area contributed by atoms with Crippen LogP contribution in [0.3, 0.4) is 0 Å². The minimum Gasteiger partial charge on any atom is -0.273 e. The van der Waals surface area contributed by atoms with Gasteiger partial charge in [0.05, 0.1) is 6.21 Å². The number of hydrogen-bond acceptors (Lipinski definition) is 2. The van der Waals surface area contributed by atoms with Gasteiger partial charge in [0.15, 0.2) is 0 Å². The van der Waals surface area contributed by atoms with Crippen molar-refractivity contribution in [2.24, 2.45) is 22.4 Å². The molecule has 0 radical (unpaired) electrons. The van der Waals surface area contributed by atoms with E-state index >= 15 is 0 Å². The van der Waals surface area contributed by atoms with Crippen LogP contribution in [0.25, 0.3) is 0 Å². The van der Waals surface area contributed by atoms with E-state index < -0.39 is 0 Å². The van der Waals surface area contributed by atoms with Gasteiger partial charge in [0.1, 0.15) is 0 Å². The van der Waals surface area contributed by atoms with Crippen LogP contribution >= 0.6 is 15.9 Å². The van der Waals surface area contributed by atoms with Crippen LogP contribution in [0, 0.1) is 17.3 Å². The maximum absolute atomic E-state index is 12.2. The quantitative estimate of drug-likeness (QED) is 0.664. The molecule has 2 saturated carbocycles. The van der Waals surface area contributed by atoms with E-state index in [9.17, 15) is 4.79 Å². The first-order valence-corrected chi connectivity index (χ1v) is 7.99. The van der Waals surface area contributed by atoms with Crippen LogP contribution in [0.1, 0.15) is 38.2 Å². The lowest BCUT2D eigenvalue weighted by Crippen LogP contribution is -2.22. The standard InChI is InChI=1S/C16H19BrN2O/c1-16-9-3-2-4-13(16)14(16)15(20)19-18-10-11-5-7-12(17)8-6-11/h5-8,10,13-14H,2-4,9H2,1H3,(H,19,20)/b18-10-/t13-,14+,16-/m1/s1. The second-order valence-corrected chi connectivity index (χ2v) is 7.04. The Labute approximate surface area is 128 Å². The largest absolute Gasteiger partial charge is 0.273 e. The average Bonchev–Trinajstić information content (AvgIpc) is 3.06. The lowest BCUT2D eigenvalue weighted by atomic mass is 9.90. The first-order chi connectivity index (χ1) is 9.61. The highest BCUT2D eigenvalue weighted by molar-refractivity contribution is 9.10. The summed E-state index contributed by atoms with van der Waals surface area (Å²) < 4.78 is 1.04. The normalized spacial score (nSPS) is 31.9. The second kappa shape index (κ2) is 5.32. The molecular weight excluding hydrogens is 316 g/mol. The Morgan fingerprint density at radius 1 is 1.40 bits per heavy atom. The molecule has 2 aliphatic carbocycles. The molecular formula is C16H19BrN2O. The molecule has 1 aromatic carbocycles. The third-order valence-electron chi connectivity index (χ3n) is 4.87. The van der Waals surface area contributed by atoms with Crippen molar-refractivity contribution in [2.45, 2.75) is 32.6 Å². The Morgan fingerprint density at radius 2 is 2.15 bits per heavy atom. The number of fused-ring (bicyclic) bond motifs is 1. The van der Waals surface area contributed by atoms with Crippen LogP contribution in [0.5, 0.6) is 0 Å². The summed E-state index contributed by atoms with van der Waals surface area (Å²) in [4.78, 5) is 12.2. The van der Waals surface area contributed by atoms with E-state index in [-0.39, 0.29) is 17.2 Å². The third-order valence-corrected chi connectivity index (χ3v) is 5.40. The Morgan fingerprint density at radius 3 is 2.80 bits per heavy atom. The smallest absolute Gasteiger partial charge is 0.244 e. The van der Waals surface area contributed by atoms with Crippen molar-refractivity contribution in [1.29, 1.82) is 0 Å². The summed E-state index contributed by atoms with van der Waals surface area (Å²) >= 11 is 3.39. The van der Waals surface area contributed by atoms with Gasteiger partial charge in [0, 0.05) is 10.4 Å². The van der Waals surface area contributed by atoms with Gasteiger partial charge < -0.3 is 0 Å². The summed E-state index contributed by atoms with van der Waals surface area (Å²) in [5, 5.41) is 4.08. The highest BCUT2D eigenvalue weighted by Crippen LogP contribution is 2.66. The number of nitrogens with zero attached hydrogens (tertiary/aromatic N) is 1. The average molecular weight is 335 g/mol. The van der Waals surface area contributed by atoms with Gasteiger partial charge in [-0.1, -0.05) is 47.8 Å². The molecule has 0 bridgehead atoms. The van der Waals surface area contributed by atoms with Gasteiger partial charge in [-0.25, -0.2) is 5.43 Å². The molecule has 3 atom stereocenters. The summed E-state index contributed by atoms with van der Waals surface area (Å²) in [5.74, 6) is 0.846. The predicted octanol–water partition coefficient (Wildman–Crippen LogP) is 3.73. The van der Waals surface area contributed by atoms with Crippen molar-refractivity contribution in [2.75, 3.05) is 0 Å². The monoisotopic (exact) mass is 334 g/mol. The number of nitrogens with one attached hydrogen (secondary N) is 1. The fourth-order valence-electron chi connectivity index (χ4n) is 3.64. The number of halogens is 1. The zero-order chi connectivity index (χ0) is 14.2. The first kappa shape index (κ1) is 13.8. The summed E-state index contributed by atoms with van der Waals surface area (Å²) in [5.41, 5.74) is 3.93. The number of carbonyl (C=O) groups is 1. The molecule has 0 spiro atoms. The molecule has 0 heterocycles. The molecule has 106 valence electrons. The number of carbonyl (C=O) groups excluding carboxylic acids is 1. The molecule has 3 rings (SSSR count). The van der Waals surface area contributed by atoms with Gasteiger partial charge in [-0.05, 0) is 41.9 Å². The van der Waals surface area contributed by atoms with Gasteiger partial charge in [-0.15, -0.1) is 0 Å². The topological polar surface area (TPSA) is 41.5 Å². The molecule has 3 nitrogen and oxygen atoms in total. The number of hydrazone groups is 1. The minimum absolute atomic E-state index is 0.0905. The minimum atomic E-state index is 0.0905. The molecule has 20 heavy (non-hydrogen) atoms. The van der Waals surface area contributed by atoms with E-state index in [0.717, 1.165) is 10.0 Å². The molecule has 1 N–H and O–H groups in total. The fraction of sp³-hybridized carbons (Fsp3) is 0.500. The Balaban J connectivity index is 1.56. The first-order valence-electron chi connectivity index (χ1n) is 7.20. The van der Waals surface area contributed by atoms with Crippen LogP contribution in [0.15, 0.2) is 33.8 Å². The zero-order valence-electron chi connectivity index (χ0n) is 11.6. The van der Waals surface area contributed by atoms with Crippen molar-refractivity contribution in [3.63, 3.8) is 0 Å². The summed E-state index contributed by atoms with van der Waals surface area (Å²) in [6.07, 6.45) is 6.61. The van der Waals surface area contributed by atoms with E-state index in [2.05, 4.69) is 33.4 Å². The van der Waals surface area contributed by atoms with Crippen molar-refractivity contribution in [1.82, 2.24) is 5.43 Å². The zero-order valence-corrected chi connectivity index (χ0v) is 13.2. The molecule has 0 saturated heterocycles. The second-order valence-electron chi connectivity index (χ2n) is 6.12. The molecule has 0 aromatic heterocycles. The van der Waals surface area contributed by atoms with Crippen LogP contribution in [-0.2, 0) is 4.79 Å². The molecule has 1 aromatic rings. The van der Waals surface area contributed by atoms with Gasteiger partial charge in [0.2, 0.25) is 5.91 Å². The molecule has 0 unspecified atom stereocenters. The maximum Gasteiger partial charge on any atom is 0.244 e. The summed E-state index contributed by atoms with van der Waals surface area (Å²) in [6.45, 7) is 2.25. The van der Waals surface area contributed by atoms with Crippen molar-refractivity contribution < 1.29 is 4.79 Å². The van der Waals surface area contributed by atoms with E-state index in [0.29, 0.717) is 5.92 Å². The lowest BCUT2D eigenvalue weighted by molar-refractivity contribution is -0.123. The van der Waals surface area contributed by atoms with Crippen LogP contribution < -0.4 is 5.43 Å². The summed E-state index contributed by atoms with van der Waals surface area (Å²) in [7, 11) is 0. The Kier molecular flexibility index (Phi) is 3.67. The maximum atomic E-state index is 12.2. The highest BCUT2D eigenvalue weighted by atomic mass is 79.9. The van der Waals surface area contributed by atoms with Gasteiger partial charge in [-0.2, -0.15) is 5.10 Å². The van der Waals surface area contributed by atoms with Crippen LogP contribution in [0.4, 0.5) is 0 Å². The number of hydrogen-bond donors (Lipinski definition) is 1. The van der Waals surface area contributed by atoms with E-state index in [1.165, 1.54) is 25.7 Å². The van der Waals surface area contributed by atoms with E-state index in [1.807, 2.05) is 24.3 Å². The van der Waals surface area contributed by atoms with Crippen LogP contribution in [0.2, 0.25) is 0 Å². The van der Waals surface area contributed by atoms with Crippen molar-refractivity contribution in [3.8, 4) is 0 Å². The van der Waals surface area contributed by atoms with Crippen LogP contribution in [-0.4, -0.2) is 12.1 Å². The lowest BCUT2D eigenvalue weighted by Gasteiger charge is -2.15. The third kappa shape index (κ3) is 2.53. The van der Waals surface area contributed by atoms with Gasteiger partial charge >= 0.3 is 0 Å². The van der Waals surface area contributed by atoms with E-state index in [4.69, 9.17) is 0 Å². The van der Waals surface area contributed by atoms with Crippen molar-refractivity contribution >= 4 is 28.1 Å². The van der Waals surface area contributed by atoms with E-state index in [1.54, 1.807) is 6.21 Å². The SMILES string of the molecule is C[C@@]12CCCC[C@@H]1[C@H]2C(=O)N/N=C\c1ccc(Br)cc1. The number of rotatable bonds is 3. The van der Waals surface area contributed by atoms with Gasteiger partial charge in [0.25, 0.3) is 0 Å².